The van der Waals surface area contributed by atoms with Gasteiger partial charge in [0.1, 0.15) is 11.3 Å². The maximum absolute atomic E-state index is 11.2. The summed E-state index contributed by atoms with van der Waals surface area (Å²) in [5.41, 5.74) is 3.81. The molecule has 6 heteroatoms. The van der Waals surface area contributed by atoms with Crippen molar-refractivity contribution in [1.82, 2.24) is 10.4 Å². The fourth-order valence-corrected chi connectivity index (χ4v) is 2.73. The number of para-hydroxylation sites is 1. The highest BCUT2D eigenvalue weighted by Gasteiger charge is 2.10. The molecular weight excluding hydrogens is 262 g/mol. The van der Waals surface area contributed by atoms with Gasteiger partial charge in [-0.05, 0) is 19.1 Å². The molecule has 1 amide bonds. The number of methoxy groups -OCH3 is 1. The zero-order valence-electron chi connectivity index (χ0n) is 10.8. The predicted molar refractivity (Wildman–Crippen MR) is 76.1 cm³/mol. The monoisotopic (exact) mass is 277 g/mol. The number of hydrazine groups is 1. The molecule has 0 aliphatic heterocycles. The van der Waals surface area contributed by atoms with Crippen molar-refractivity contribution in [3.8, 4) is 5.75 Å². The molecular formula is C13H15N3O2S. The SMILES string of the molecule is COc1cccc2c(SCC(=O)NN)cc(C)nc12. The average Bonchev–Trinajstić information content (AvgIpc) is 2.43. The van der Waals surface area contributed by atoms with Gasteiger partial charge >= 0.3 is 0 Å². The first-order chi connectivity index (χ1) is 9.15. The number of nitrogens with two attached hydrogens (primary N) is 1. The van der Waals surface area contributed by atoms with Gasteiger partial charge in [0.2, 0.25) is 5.91 Å². The van der Waals surface area contributed by atoms with Crippen LogP contribution in [-0.4, -0.2) is 23.8 Å². The second-order valence-corrected chi connectivity index (χ2v) is 4.99. The van der Waals surface area contributed by atoms with Crippen molar-refractivity contribution in [3.05, 3.63) is 30.0 Å². The Morgan fingerprint density at radius 2 is 2.32 bits per heavy atom. The molecule has 1 aromatic heterocycles. The number of nitrogens with zero attached hydrogens (tertiary/aromatic N) is 1. The summed E-state index contributed by atoms with van der Waals surface area (Å²) in [6.45, 7) is 1.92. The van der Waals surface area contributed by atoms with Gasteiger partial charge in [0, 0.05) is 16.0 Å². The Morgan fingerprint density at radius 3 is 3.00 bits per heavy atom. The molecule has 0 aliphatic rings. The van der Waals surface area contributed by atoms with Crippen LogP contribution in [0.25, 0.3) is 10.9 Å². The molecule has 1 aromatic carbocycles. The zero-order chi connectivity index (χ0) is 13.8. The van der Waals surface area contributed by atoms with E-state index in [2.05, 4.69) is 10.4 Å². The summed E-state index contributed by atoms with van der Waals surface area (Å²) in [6, 6.07) is 7.70. The number of aromatic nitrogens is 1. The number of carbonyl (C=O) groups excluding carboxylic acids is 1. The van der Waals surface area contributed by atoms with Crippen LogP contribution < -0.4 is 16.0 Å². The third-order valence-corrected chi connectivity index (χ3v) is 3.69. The number of thioether (sulfide) groups is 1. The van der Waals surface area contributed by atoms with Gasteiger partial charge in [-0.15, -0.1) is 11.8 Å². The Morgan fingerprint density at radius 1 is 1.53 bits per heavy atom. The van der Waals surface area contributed by atoms with Gasteiger partial charge < -0.3 is 4.74 Å². The Labute approximate surface area is 115 Å². The van der Waals surface area contributed by atoms with E-state index in [4.69, 9.17) is 10.6 Å². The molecule has 3 N–H and O–H groups in total. The van der Waals surface area contributed by atoms with Crippen LogP contribution in [-0.2, 0) is 4.79 Å². The van der Waals surface area contributed by atoms with Crippen molar-refractivity contribution in [2.24, 2.45) is 5.84 Å². The number of carbonyl (C=O) groups is 1. The predicted octanol–water partition coefficient (Wildman–Crippen LogP) is 1.63. The van der Waals surface area contributed by atoms with Crippen molar-refractivity contribution in [1.29, 1.82) is 0 Å². The van der Waals surface area contributed by atoms with E-state index in [1.807, 2.05) is 31.2 Å². The molecule has 0 spiro atoms. The van der Waals surface area contributed by atoms with Crippen molar-refractivity contribution < 1.29 is 9.53 Å². The summed E-state index contributed by atoms with van der Waals surface area (Å²) in [5, 5.41) is 0.972. The molecule has 0 unspecified atom stereocenters. The first kappa shape index (κ1) is 13.6. The molecule has 1 heterocycles. The summed E-state index contributed by atoms with van der Waals surface area (Å²) >= 11 is 1.43. The fraction of sp³-hybridized carbons (Fsp3) is 0.231. The van der Waals surface area contributed by atoms with E-state index in [-0.39, 0.29) is 11.7 Å². The number of hydrogen-bond acceptors (Lipinski definition) is 5. The Kier molecular flexibility index (Phi) is 4.24. The molecule has 0 bridgehead atoms. The highest BCUT2D eigenvalue weighted by atomic mass is 32.2. The lowest BCUT2D eigenvalue weighted by atomic mass is 10.2. The summed E-state index contributed by atoms with van der Waals surface area (Å²) in [4.78, 5) is 16.7. The molecule has 0 atom stereocenters. The largest absolute Gasteiger partial charge is 0.494 e. The van der Waals surface area contributed by atoms with Gasteiger partial charge in [-0.25, -0.2) is 10.8 Å². The molecule has 19 heavy (non-hydrogen) atoms. The Bertz CT molecular complexity index is 616. The summed E-state index contributed by atoms with van der Waals surface area (Å²) < 4.78 is 5.31. The third-order valence-electron chi connectivity index (χ3n) is 2.63. The van der Waals surface area contributed by atoms with E-state index in [0.717, 1.165) is 27.2 Å². The van der Waals surface area contributed by atoms with Gasteiger partial charge in [0.25, 0.3) is 0 Å². The van der Waals surface area contributed by atoms with E-state index >= 15 is 0 Å². The van der Waals surface area contributed by atoms with Gasteiger partial charge in [-0.3, -0.25) is 10.2 Å². The summed E-state index contributed by atoms with van der Waals surface area (Å²) in [6.07, 6.45) is 0. The van der Waals surface area contributed by atoms with Crippen LogP contribution in [0, 0.1) is 6.92 Å². The standard InChI is InChI=1S/C13H15N3O2S/c1-8-6-11(19-7-12(17)16-14)9-4-3-5-10(18-2)13(9)15-8/h3-6H,7,14H2,1-2H3,(H,16,17). The Balaban J connectivity index is 2.45. The molecule has 0 saturated carbocycles. The maximum atomic E-state index is 11.2. The lowest BCUT2D eigenvalue weighted by Gasteiger charge is -2.10. The fourth-order valence-electron chi connectivity index (χ4n) is 1.78. The second-order valence-electron chi connectivity index (χ2n) is 3.97. The number of aryl methyl sites for hydroxylation is 1. The molecule has 2 rings (SSSR count). The van der Waals surface area contributed by atoms with E-state index in [1.165, 1.54) is 11.8 Å². The summed E-state index contributed by atoms with van der Waals surface area (Å²) in [5.74, 6) is 5.86. The Hall–Kier alpha value is -1.79. The van der Waals surface area contributed by atoms with Crippen LogP contribution in [0.2, 0.25) is 0 Å². The third kappa shape index (κ3) is 2.97. The number of rotatable bonds is 4. The van der Waals surface area contributed by atoms with Crippen molar-refractivity contribution >= 4 is 28.6 Å². The van der Waals surface area contributed by atoms with Crippen LogP contribution in [0.4, 0.5) is 0 Å². The normalized spacial score (nSPS) is 10.5. The first-order valence-electron chi connectivity index (χ1n) is 5.72. The zero-order valence-corrected chi connectivity index (χ0v) is 11.6. The van der Waals surface area contributed by atoms with Gasteiger partial charge in [0.15, 0.2) is 0 Å². The van der Waals surface area contributed by atoms with Crippen LogP contribution >= 0.6 is 11.8 Å². The molecule has 100 valence electrons. The van der Waals surface area contributed by atoms with Crippen molar-refractivity contribution in [2.75, 3.05) is 12.9 Å². The van der Waals surface area contributed by atoms with Crippen LogP contribution in [0.3, 0.4) is 0 Å². The maximum Gasteiger partial charge on any atom is 0.244 e. The second kappa shape index (κ2) is 5.90. The molecule has 5 nitrogen and oxygen atoms in total. The van der Waals surface area contributed by atoms with Gasteiger partial charge in [-0.2, -0.15) is 0 Å². The molecule has 0 fully saturated rings. The smallest absolute Gasteiger partial charge is 0.244 e. The number of ether oxygens (including phenoxy) is 1. The molecule has 0 aliphatic carbocycles. The molecule has 2 aromatic rings. The molecule has 0 radical (unpaired) electrons. The first-order valence-corrected chi connectivity index (χ1v) is 6.71. The van der Waals surface area contributed by atoms with E-state index in [9.17, 15) is 4.79 Å². The number of pyridine rings is 1. The minimum atomic E-state index is -0.212. The van der Waals surface area contributed by atoms with Gasteiger partial charge in [0.05, 0.1) is 12.9 Å². The van der Waals surface area contributed by atoms with Crippen LogP contribution in [0.5, 0.6) is 5.75 Å². The van der Waals surface area contributed by atoms with E-state index < -0.39 is 0 Å². The lowest BCUT2D eigenvalue weighted by molar-refractivity contribution is -0.118. The van der Waals surface area contributed by atoms with Crippen LogP contribution in [0.15, 0.2) is 29.2 Å². The number of nitrogens with one attached hydrogen (secondary N) is 1. The van der Waals surface area contributed by atoms with Crippen molar-refractivity contribution in [3.63, 3.8) is 0 Å². The minimum absolute atomic E-state index is 0.212. The highest BCUT2D eigenvalue weighted by molar-refractivity contribution is 8.00. The van der Waals surface area contributed by atoms with Gasteiger partial charge in [-0.1, -0.05) is 12.1 Å². The summed E-state index contributed by atoms with van der Waals surface area (Å²) in [7, 11) is 1.62. The van der Waals surface area contributed by atoms with Crippen molar-refractivity contribution in [2.45, 2.75) is 11.8 Å². The lowest BCUT2D eigenvalue weighted by Crippen LogP contribution is -2.31. The quantitative estimate of drug-likeness (QED) is 0.384. The highest BCUT2D eigenvalue weighted by Crippen LogP contribution is 2.32. The number of fused-ring (bicyclic) bond motifs is 1. The number of hydrogen-bond donors (Lipinski definition) is 2. The topological polar surface area (TPSA) is 77.2 Å². The van der Waals surface area contributed by atoms with E-state index in [1.54, 1.807) is 7.11 Å². The molecule has 0 saturated heterocycles. The average molecular weight is 277 g/mol. The number of amides is 1. The minimum Gasteiger partial charge on any atom is -0.494 e. The van der Waals surface area contributed by atoms with E-state index in [0.29, 0.717) is 0 Å². The van der Waals surface area contributed by atoms with Crippen LogP contribution in [0.1, 0.15) is 5.69 Å². The number of benzene rings is 1.